The van der Waals surface area contributed by atoms with Crippen molar-refractivity contribution in [3.63, 3.8) is 0 Å². The van der Waals surface area contributed by atoms with Crippen LogP contribution < -0.4 is 10.2 Å². The second-order valence-electron chi connectivity index (χ2n) is 9.70. The van der Waals surface area contributed by atoms with E-state index in [4.69, 9.17) is 5.26 Å². The number of likely N-dealkylation sites (N-methyl/N-ethyl adjacent to an activating group) is 1. The maximum atomic E-state index is 15.5. The summed E-state index contributed by atoms with van der Waals surface area (Å²) in [6, 6.07) is 12.8. The van der Waals surface area contributed by atoms with Crippen molar-refractivity contribution in [1.82, 2.24) is 20.0 Å². The third-order valence-electron chi connectivity index (χ3n) is 7.31. The van der Waals surface area contributed by atoms with Gasteiger partial charge in [-0.05, 0) is 75.5 Å². The zero-order chi connectivity index (χ0) is 25.9. The number of aromatic nitrogens is 2. The zero-order valence-corrected chi connectivity index (χ0v) is 20.9. The number of benzene rings is 2. The van der Waals surface area contributed by atoms with Crippen LogP contribution in [-0.2, 0) is 0 Å². The smallest absolute Gasteiger partial charge is 0.274 e. The lowest BCUT2D eigenvalue weighted by Crippen LogP contribution is -2.47. The van der Waals surface area contributed by atoms with Gasteiger partial charge in [-0.1, -0.05) is 6.07 Å². The molecule has 2 aliphatic heterocycles. The SMILES string of the molecule is CN[C@@H]1CCCN(C(=O)c2cc(-c3ccc(C#N)c(F)c3)n(-c3ccc(N4CCCCC4)cc3F)n2)C1. The van der Waals surface area contributed by atoms with E-state index in [1.165, 1.54) is 29.3 Å². The summed E-state index contributed by atoms with van der Waals surface area (Å²) < 4.78 is 31.4. The number of piperidine rings is 2. The predicted molar refractivity (Wildman–Crippen MR) is 138 cm³/mol. The van der Waals surface area contributed by atoms with Gasteiger partial charge in [-0.2, -0.15) is 10.4 Å². The molecule has 2 saturated heterocycles. The summed E-state index contributed by atoms with van der Waals surface area (Å²) in [6.45, 7) is 2.95. The van der Waals surface area contributed by atoms with Crippen LogP contribution in [0.1, 0.15) is 48.2 Å². The minimum absolute atomic E-state index is 0.0883. The molecule has 2 fully saturated rings. The molecular weight excluding hydrogens is 474 g/mol. The first kappa shape index (κ1) is 24.9. The van der Waals surface area contributed by atoms with Crippen LogP contribution in [0.4, 0.5) is 14.5 Å². The van der Waals surface area contributed by atoms with Crippen molar-refractivity contribution in [2.75, 3.05) is 38.1 Å². The number of likely N-dealkylation sites (tertiary alicyclic amines) is 1. The van der Waals surface area contributed by atoms with Crippen molar-refractivity contribution in [1.29, 1.82) is 5.26 Å². The van der Waals surface area contributed by atoms with E-state index in [2.05, 4.69) is 15.3 Å². The molecule has 1 aromatic heterocycles. The second-order valence-corrected chi connectivity index (χ2v) is 9.70. The van der Waals surface area contributed by atoms with Gasteiger partial charge < -0.3 is 15.1 Å². The summed E-state index contributed by atoms with van der Waals surface area (Å²) in [5, 5.41) is 16.9. The van der Waals surface area contributed by atoms with Crippen LogP contribution in [-0.4, -0.2) is 59.9 Å². The maximum absolute atomic E-state index is 15.5. The molecule has 37 heavy (non-hydrogen) atoms. The molecule has 2 aliphatic rings. The summed E-state index contributed by atoms with van der Waals surface area (Å²) in [5.41, 5.74) is 1.83. The van der Waals surface area contributed by atoms with Crippen LogP contribution in [0.2, 0.25) is 0 Å². The lowest BCUT2D eigenvalue weighted by Gasteiger charge is -2.32. The fourth-order valence-corrected chi connectivity index (χ4v) is 5.22. The molecule has 0 radical (unpaired) electrons. The topological polar surface area (TPSA) is 77.2 Å². The number of amides is 1. The quantitative estimate of drug-likeness (QED) is 0.554. The highest BCUT2D eigenvalue weighted by molar-refractivity contribution is 5.93. The Kier molecular flexibility index (Phi) is 7.19. The Morgan fingerprint density at radius 3 is 2.54 bits per heavy atom. The van der Waals surface area contributed by atoms with E-state index < -0.39 is 11.6 Å². The number of carbonyl (C=O) groups excluding carboxylic acids is 1. The number of nitriles is 1. The third-order valence-corrected chi connectivity index (χ3v) is 7.31. The molecule has 0 aliphatic carbocycles. The highest BCUT2D eigenvalue weighted by atomic mass is 19.1. The average molecular weight is 505 g/mol. The van der Waals surface area contributed by atoms with Gasteiger partial charge >= 0.3 is 0 Å². The van der Waals surface area contributed by atoms with E-state index in [-0.39, 0.29) is 28.9 Å². The Hall–Kier alpha value is -3.77. The molecule has 7 nitrogen and oxygen atoms in total. The molecule has 1 N–H and O–H groups in total. The molecule has 0 spiro atoms. The largest absolute Gasteiger partial charge is 0.371 e. The molecule has 5 rings (SSSR count). The average Bonchev–Trinajstić information content (AvgIpc) is 3.38. The van der Waals surface area contributed by atoms with E-state index in [9.17, 15) is 9.18 Å². The van der Waals surface area contributed by atoms with Crippen LogP contribution in [0.25, 0.3) is 16.9 Å². The molecule has 192 valence electrons. The van der Waals surface area contributed by atoms with Crippen LogP contribution in [0.5, 0.6) is 0 Å². The van der Waals surface area contributed by atoms with E-state index >= 15 is 4.39 Å². The van der Waals surface area contributed by atoms with Crippen molar-refractivity contribution in [3.8, 4) is 23.0 Å². The molecular formula is C28H30F2N6O. The van der Waals surface area contributed by atoms with E-state index in [1.54, 1.807) is 23.1 Å². The first-order valence-electron chi connectivity index (χ1n) is 12.8. The van der Waals surface area contributed by atoms with Crippen molar-refractivity contribution in [2.45, 2.75) is 38.1 Å². The molecule has 0 bridgehead atoms. The molecule has 0 saturated carbocycles. The monoisotopic (exact) mass is 504 g/mol. The van der Waals surface area contributed by atoms with Crippen molar-refractivity contribution in [3.05, 3.63) is 65.4 Å². The van der Waals surface area contributed by atoms with Gasteiger partial charge in [0.2, 0.25) is 0 Å². The molecule has 1 atom stereocenters. The summed E-state index contributed by atoms with van der Waals surface area (Å²) in [5.74, 6) is -1.41. The zero-order valence-electron chi connectivity index (χ0n) is 20.9. The van der Waals surface area contributed by atoms with Gasteiger partial charge in [0.1, 0.15) is 17.6 Å². The van der Waals surface area contributed by atoms with Crippen molar-refractivity contribution >= 4 is 11.6 Å². The highest BCUT2D eigenvalue weighted by Crippen LogP contribution is 2.30. The first-order chi connectivity index (χ1) is 18.0. The number of hydrogen-bond donors (Lipinski definition) is 1. The minimum atomic E-state index is -0.686. The highest BCUT2D eigenvalue weighted by Gasteiger charge is 2.27. The minimum Gasteiger partial charge on any atom is -0.371 e. The van der Waals surface area contributed by atoms with Gasteiger partial charge in [0, 0.05) is 43.5 Å². The number of carbonyl (C=O) groups is 1. The molecule has 0 unspecified atom stereocenters. The normalized spacial score (nSPS) is 18.1. The molecule has 3 aromatic rings. The number of rotatable bonds is 5. The lowest BCUT2D eigenvalue weighted by atomic mass is 10.1. The van der Waals surface area contributed by atoms with E-state index in [0.29, 0.717) is 24.3 Å². The van der Waals surface area contributed by atoms with E-state index in [1.807, 2.05) is 19.2 Å². The number of halogens is 2. The van der Waals surface area contributed by atoms with Crippen molar-refractivity contribution < 1.29 is 13.6 Å². The fourth-order valence-electron chi connectivity index (χ4n) is 5.22. The number of anilines is 1. The van der Waals surface area contributed by atoms with Crippen molar-refractivity contribution in [2.24, 2.45) is 0 Å². The Balaban J connectivity index is 1.55. The fraction of sp³-hybridized carbons (Fsp3) is 0.393. The third kappa shape index (κ3) is 5.07. The van der Waals surface area contributed by atoms with Crippen LogP contribution in [0.3, 0.4) is 0 Å². The van der Waals surface area contributed by atoms with E-state index in [0.717, 1.165) is 44.5 Å². The Labute approximate surface area is 215 Å². The maximum Gasteiger partial charge on any atom is 0.274 e. The summed E-state index contributed by atoms with van der Waals surface area (Å²) in [7, 11) is 1.88. The molecule has 3 heterocycles. The molecule has 2 aromatic carbocycles. The standard InChI is InChI=1S/C28H30F2N6O/c1-32-21-6-5-13-35(18-21)28(37)25-16-27(19-7-8-20(17-31)23(29)14-19)36(33-25)26-10-9-22(15-24(26)30)34-11-3-2-4-12-34/h7-10,14-16,21,32H,2-6,11-13,18H2,1H3/t21-/m1/s1. The molecule has 1 amide bonds. The van der Waals surface area contributed by atoms with Crippen LogP contribution >= 0.6 is 0 Å². The number of nitrogens with zero attached hydrogens (tertiary/aromatic N) is 5. The Morgan fingerprint density at radius 1 is 1.03 bits per heavy atom. The van der Waals surface area contributed by atoms with Crippen LogP contribution in [0.15, 0.2) is 42.5 Å². The Morgan fingerprint density at radius 2 is 1.84 bits per heavy atom. The van der Waals surface area contributed by atoms with Gasteiger partial charge in [0.05, 0.1) is 11.3 Å². The summed E-state index contributed by atoms with van der Waals surface area (Å²) in [6.07, 6.45) is 5.19. The van der Waals surface area contributed by atoms with Gasteiger partial charge in [-0.25, -0.2) is 13.5 Å². The summed E-state index contributed by atoms with van der Waals surface area (Å²) in [4.78, 5) is 17.3. The number of hydrogen-bond acceptors (Lipinski definition) is 5. The Bertz CT molecular complexity index is 1340. The van der Waals surface area contributed by atoms with Gasteiger partial charge in [-0.15, -0.1) is 0 Å². The first-order valence-corrected chi connectivity index (χ1v) is 12.8. The van der Waals surface area contributed by atoms with Gasteiger partial charge in [0.25, 0.3) is 5.91 Å². The lowest BCUT2D eigenvalue weighted by molar-refractivity contribution is 0.0691. The van der Waals surface area contributed by atoms with Gasteiger partial charge in [0.15, 0.2) is 11.5 Å². The van der Waals surface area contributed by atoms with Gasteiger partial charge in [-0.3, -0.25) is 4.79 Å². The summed E-state index contributed by atoms with van der Waals surface area (Å²) >= 11 is 0. The second kappa shape index (κ2) is 10.7. The van der Waals surface area contributed by atoms with Crippen LogP contribution in [0, 0.1) is 23.0 Å². The molecule has 9 heteroatoms. The predicted octanol–water partition coefficient (Wildman–Crippen LogP) is 4.50. The number of nitrogens with one attached hydrogen (secondary N) is 1.